The van der Waals surface area contributed by atoms with Crippen molar-refractivity contribution in [1.29, 1.82) is 0 Å². The van der Waals surface area contributed by atoms with Gasteiger partial charge in [0.15, 0.2) is 0 Å². The lowest BCUT2D eigenvalue weighted by molar-refractivity contribution is -0.137. The summed E-state index contributed by atoms with van der Waals surface area (Å²) in [7, 11) is 0. The number of alkyl halides is 3. The van der Waals surface area contributed by atoms with Gasteiger partial charge in [-0.2, -0.15) is 13.2 Å². The molecule has 1 aromatic carbocycles. The van der Waals surface area contributed by atoms with Crippen LogP contribution in [-0.2, 0) is 12.7 Å². The van der Waals surface area contributed by atoms with Gasteiger partial charge in [-0.05, 0) is 35.1 Å². The molecule has 1 heterocycles. The lowest BCUT2D eigenvalue weighted by Crippen LogP contribution is -2.31. The van der Waals surface area contributed by atoms with Crippen molar-refractivity contribution in [2.24, 2.45) is 5.92 Å². The molecule has 0 saturated carbocycles. The van der Waals surface area contributed by atoms with Crippen LogP contribution in [-0.4, -0.2) is 6.54 Å². The molecule has 0 radical (unpaired) electrons. The molecule has 0 amide bonds. The number of benzene rings is 1. The molecule has 1 aliphatic rings. The quantitative estimate of drug-likeness (QED) is 0.795. The molecule has 4 heteroatoms. The van der Waals surface area contributed by atoms with Crippen molar-refractivity contribution in [3.05, 3.63) is 34.9 Å². The fourth-order valence-electron chi connectivity index (χ4n) is 2.34. The van der Waals surface area contributed by atoms with Crippen molar-refractivity contribution >= 4 is 0 Å². The van der Waals surface area contributed by atoms with Crippen molar-refractivity contribution in [3.8, 4) is 0 Å². The molecule has 0 spiro atoms. The predicted octanol–water partition coefficient (Wildman–Crippen LogP) is 3.55. The second kappa shape index (κ2) is 4.33. The van der Waals surface area contributed by atoms with Crippen LogP contribution < -0.4 is 5.32 Å². The van der Waals surface area contributed by atoms with E-state index in [1.54, 1.807) is 6.07 Å². The number of halogens is 3. The van der Waals surface area contributed by atoms with Crippen LogP contribution in [0.4, 0.5) is 13.2 Å². The Morgan fingerprint density at radius 1 is 1.29 bits per heavy atom. The maximum absolute atomic E-state index is 12.7. The zero-order valence-corrected chi connectivity index (χ0v) is 9.93. The first-order chi connectivity index (χ1) is 7.89. The summed E-state index contributed by atoms with van der Waals surface area (Å²) in [6.07, 6.45) is -4.25. The van der Waals surface area contributed by atoms with Crippen LogP contribution in [0.1, 0.15) is 36.5 Å². The molecular formula is C13H16F3N. The van der Waals surface area contributed by atoms with Crippen LogP contribution in [0.2, 0.25) is 0 Å². The average Bonchev–Trinajstić information content (AvgIpc) is 2.26. The third kappa shape index (κ3) is 2.46. The van der Waals surface area contributed by atoms with Crippen LogP contribution in [0.25, 0.3) is 0 Å². The summed E-state index contributed by atoms with van der Waals surface area (Å²) in [6, 6.07) is 4.09. The number of hydrogen-bond acceptors (Lipinski definition) is 1. The van der Waals surface area contributed by atoms with Crippen molar-refractivity contribution in [1.82, 2.24) is 5.32 Å². The zero-order chi connectivity index (χ0) is 12.6. The molecule has 94 valence electrons. The highest BCUT2D eigenvalue weighted by molar-refractivity contribution is 5.38. The lowest BCUT2D eigenvalue weighted by atomic mass is 9.82. The Morgan fingerprint density at radius 2 is 2.00 bits per heavy atom. The Kier molecular flexibility index (Phi) is 3.17. The van der Waals surface area contributed by atoms with Gasteiger partial charge in [0.2, 0.25) is 0 Å². The number of rotatable bonds is 1. The molecule has 2 rings (SSSR count). The summed E-state index contributed by atoms with van der Waals surface area (Å²) < 4.78 is 38.0. The van der Waals surface area contributed by atoms with E-state index < -0.39 is 11.7 Å². The van der Waals surface area contributed by atoms with Crippen molar-refractivity contribution in [2.75, 3.05) is 6.54 Å². The molecule has 0 bridgehead atoms. The van der Waals surface area contributed by atoms with Gasteiger partial charge < -0.3 is 5.32 Å². The van der Waals surface area contributed by atoms with E-state index in [1.165, 1.54) is 12.1 Å². The first-order valence-corrected chi connectivity index (χ1v) is 5.80. The van der Waals surface area contributed by atoms with E-state index in [0.717, 1.165) is 17.7 Å². The first-order valence-electron chi connectivity index (χ1n) is 5.80. The molecule has 1 aromatic rings. The summed E-state index contributed by atoms with van der Waals surface area (Å²) in [5.74, 6) is 0.506. The smallest absolute Gasteiger partial charge is 0.312 e. The van der Waals surface area contributed by atoms with Crippen molar-refractivity contribution in [2.45, 2.75) is 32.5 Å². The van der Waals surface area contributed by atoms with Gasteiger partial charge in [-0.25, -0.2) is 0 Å². The molecule has 0 aliphatic carbocycles. The molecule has 1 nitrogen and oxygen atoms in total. The monoisotopic (exact) mass is 243 g/mol. The van der Waals surface area contributed by atoms with Crippen molar-refractivity contribution < 1.29 is 13.2 Å². The van der Waals surface area contributed by atoms with E-state index in [-0.39, 0.29) is 5.92 Å². The summed E-state index contributed by atoms with van der Waals surface area (Å²) in [5.41, 5.74) is 1.31. The fraction of sp³-hybridized carbons (Fsp3) is 0.538. The van der Waals surface area contributed by atoms with E-state index in [9.17, 15) is 13.2 Å². The number of fused-ring (bicyclic) bond motifs is 1. The molecule has 1 atom stereocenters. The Bertz CT molecular complexity index is 410. The number of nitrogens with one attached hydrogen (secondary N) is 1. The van der Waals surface area contributed by atoms with Gasteiger partial charge in [-0.1, -0.05) is 19.9 Å². The Morgan fingerprint density at radius 3 is 2.59 bits per heavy atom. The standard InChI is InChI=1S/C13H16F3N/c1-8(2)12-7-17-6-9-3-4-10(5-11(9)12)13(14,15)16/h3-5,8,12,17H,6-7H2,1-2H3. The minimum Gasteiger partial charge on any atom is -0.312 e. The van der Waals surface area contributed by atoms with Gasteiger partial charge in [-0.15, -0.1) is 0 Å². The first kappa shape index (κ1) is 12.4. The fourth-order valence-corrected chi connectivity index (χ4v) is 2.34. The molecule has 0 aromatic heterocycles. The van der Waals surface area contributed by atoms with Crippen LogP contribution in [0.15, 0.2) is 18.2 Å². The highest BCUT2D eigenvalue weighted by Crippen LogP contribution is 2.35. The summed E-state index contributed by atoms with van der Waals surface area (Å²) in [5, 5.41) is 3.25. The van der Waals surface area contributed by atoms with Crippen molar-refractivity contribution in [3.63, 3.8) is 0 Å². The molecule has 17 heavy (non-hydrogen) atoms. The van der Waals surface area contributed by atoms with E-state index in [4.69, 9.17) is 0 Å². The maximum Gasteiger partial charge on any atom is 0.416 e. The van der Waals surface area contributed by atoms with Gasteiger partial charge in [0.25, 0.3) is 0 Å². The summed E-state index contributed by atoms with van der Waals surface area (Å²) in [6.45, 7) is 5.51. The molecule has 1 aliphatic heterocycles. The third-order valence-electron chi connectivity index (χ3n) is 3.36. The van der Waals surface area contributed by atoms with E-state index in [0.29, 0.717) is 12.5 Å². The normalized spacial score (nSPS) is 20.5. The lowest BCUT2D eigenvalue weighted by Gasteiger charge is -2.30. The Balaban J connectivity index is 2.44. The van der Waals surface area contributed by atoms with Gasteiger partial charge in [0, 0.05) is 13.1 Å². The SMILES string of the molecule is CC(C)C1CNCc2ccc(C(F)(F)F)cc21. The predicted molar refractivity (Wildman–Crippen MR) is 60.7 cm³/mol. The molecule has 0 fully saturated rings. The second-order valence-electron chi connectivity index (χ2n) is 4.89. The topological polar surface area (TPSA) is 12.0 Å². The van der Waals surface area contributed by atoms with Crippen LogP contribution >= 0.6 is 0 Å². The Labute approximate surface area is 99.0 Å². The molecular weight excluding hydrogens is 227 g/mol. The van der Waals surface area contributed by atoms with Crippen LogP contribution in [0.3, 0.4) is 0 Å². The minimum atomic E-state index is -4.25. The Hall–Kier alpha value is -1.03. The van der Waals surface area contributed by atoms with Gasteiger partial charge in [-0.3, -0.25) is 0 Å². The van der Waals surface area contributed by atoms with Gasteiger partial charge >= 0.3 is 6.18 Å². The van der Waals surface area contributed by atoms with E-state index >= 15 is 0 Å². The summed E-state index contributed by atoms with van der Waals surface area (Å²) >= 11 is 0. The van der Waals surface area contributed by atoms with Gasteiger partial charge in [0.1, 0.15) is 0 Å². The van der Waals surface area contributed by atoms with E-state index in [2.05, 4.69) is 5.32 Å². The van der Waals surface area contributed by atoms with Crippen LogP contribution in [0.5, 0.6) is 0 Å². The number of hydrogen-bond donors (Lipinski definition) is 1. The highest BCUT2D eigenvalue weighted by atomic mass is 19.4. The third-order valence-corrected chi connectivity index (χ3v) is 3.36. The average molecular weight is 243 g/mol. The van der Waals surface area contributed by atoms with Gasteiger partial charge in [0.05, 0.1) is 5.56 Å². The maximum atomic E-state index is 12.7. The van der Waals surface area contributed by atoms with E-state index in [1.807, 2.05) is 13.8 Å². The molecule has 1 unspecified atom stereocenters. The summed E-state index contributed by atoms with van der Waals surface area (Å²) in [4.78, 5) is 0. The zero-order valence-electron chi connectivity index (χ0n) is 9.93. The van der Waals surface area contributed by atoms with Crippen LogP contribution in [0, 0.1) is 5.92 Å². The minimum absolute atomic E-state index is 0.168. The molecule has 1 N–H and O–H groups in total. The second-order valence-corrected chi connectivity index (χ2v) is 4.89. The largest absolute Gasteiger partial charge is 0.416 e. The highest BCUT2D eigenvalue weighted by Gasteiger charge is 2.32. The molecule has 0 saturated heterocycles.